The molecule has 0 radical (unpaired) electrons. The summed E-state index contributed by atoms with van der Waals surface area (Å²) in [4.78, 5) is 36.0. The number of hydrogen-bond acceptors (Lipinski definition) is 6. The average molecular weight is 294 g/mol. The Bertz CT molecular complexity index is 563. The Morgan fingerprint density at radius 1 is 1.24 bits per heavy atom. The lowest BCUT2D eigenvalue weighted by molar-refractivity contribution is -0.138. The lowest BCUT2D eigenvalue weighted by atomic mass is 10.1. The summed E-state index contributed by atoms with van der Waals surface area (Å²) in [7, 11) is 1.28. The molecular weight excluding hydrogens is 276 g/mol. The molecule has 114 valence electrons. The Labute approximate surface area is 122 Å². The Hall–Kier alpha value is -2.25. The van der Waals surface area contributed by atoms with E-state index in [-0.39, 0.29) is 42.8 Å². The number of methoxy groups -OCH3 is 1. The van der Waals surface area contributed by atoms with Crippen LogP contribution in [0.2, 0.25) is 0 Å². The van der Waals surface area contributed by atoms with E-state index in [9.17, 15) is 14.4 Å². The number of imide groups is 1. The van der Waals surface area contributed by atoms with Crippen LogP contribution in [0, 0.1) is 0 Å². The van der Waals surface area contributed by atoms with Crippen LogP contribution in [-0.4, -0.2) is 51.3 Å². The molecule has 8 heteroatoms. The maximum Gasteiger partial charge on any atom is 0.360 e. The van der Waals surface area contributed by atoms with Crippen molar-refractivity contribution in [1.82, 2.24) is 19.9 Å². The predicted molar refractivity (Wildman–Crippen MR) is 71.4 cm³/mol. The van der Waals surface area contributed by atoms with Crippen LogP contribution < -0.4 is 0 Å². The highest BCUT2D eigenvalue weighted by Gasteiger charge is 2.29. The van der Waals surface area contributed by atoms with Crippen LogP contribution in [0.25, 0.3) is 0 Å². The molecule has 0 saturated carbocycles. The third-order valence-corrected chi connectivity index (χ3v) is 3.39. The summed E-state index contributed by atoms with van der Waals surface area (Å²) in [5.74, 6) is -0.865. The molecule has 1 aromatic rings. The van der Waals surface area contributed by atoms with Gasteiger partial charge in [-0.1, -0.05) is 19.1 Å². The molecule has 0 aromatic carbocycles. The zero-order valence-corrected chi connectivity index (χ0v) is 12.3. The van der Waals surface area contributed by atoms with Gasteiger partial charge in [-0.3, -0.25) is 14.5 Å². The second-order valence-corrected chi connectivity index (χ2v) is 5.13. The van der Waals surface area contributed by atoms with Crippen molar-refractivity contribution in [3.63, 3.8) is 0 Å². The van der Waals surface area contributed by atoms with E-state index in [1.807, 2.05) is 13.8 Å². The summed E-state index contributed by atoms with van der Waals surface area (Å²) in [6, 6.07) is 0. The average Bonchev–Trinajstić information content (AvgIpc) is 3.00. The Morgan fingerprint density at radius 3 is 2.38 bits per heavy atom. The molecule has 1 aliphatic heterocycles. The number of likely N-dealkylation sites (tertiary alicyclic amines) is 1. The van der Waals surface area contributed by atoms with E-state index in [1.54, 1.807) is 4.68 Å². The quantitative estimate of drug-likeness (QED) is 0.574. The first kappa shape index (κ1) is 15.1. The van der Waals surface area contributed by atoms with Gasteiger partial charge >= 0.3 is 5.97 Å². The third-order valence-electron chi connectivity index (χ3n) is 3.39. The van der Waals surface area contributed by atoms with E-state index in [4.69, 9.17) is 0 Å². The maximum absolute atomic E-state index is 11.7. The molecule has 8 nitrogen and oxygen atoms in total. The van der Waals surface area contributed by atoms with Crippen LogP contribution in [0.4, 0.5) is 0 Å². The zero-order valence-electron chi connectivity index (χ0n) is 12.3. The maximum atomic E-state index is 11.7. The van der Waals surface area contributed by atoms with Gasteiger partial charge in [0.15, 0.2) is 5.69 Å². The number of nitrogens with zero attached hydrogens (tertiary/aromatic N) is 4. The minimum Gasteiger partial charge on any atom is -0.464 e. The van der Waals surface area contributed by atoms with Crippen LogP contribution in [-0.2, 0) is 20.9 Å². The fraction of sp³-hybridized carbons (Fsp3) is 0.615. The Kier molecular flexibility index (Phi) is 4.35. The number of esters is 1. The first-order valence-electron chi connectivity index (χ1n) is 6.80. The molecule has 0 aliphatic carbocycles. The van der Waals surface area contributed by atoms with Crippen molar-refractivity contribution in [3.05, 3.63) is 11.4 Å². The minimum absolute atomic E-state index is 0.0130. The standard InChI is InChI=1S/C13H18N4O4/c1-8(2)12-11(13(20)21-3)14-15-17(12)7-6-16-9(18)4-5-10(16)19/h8H,4-7H2,1-3H3. The topological polar surface area (TPSA) is 94.4 Å². The summed E-state index contributed by atoms with van der Waals surface area (Å²) in [5, 5.41) is 7.78. The zero-order chi connectivity index (χ0) is 15.6. The van der Waals surface area contributed by atoms with E-state index in [0.717, 1.165) is 0 Å². The van der Waals surface area contributed by atoms with Crippen molar-refractivity contribution in [2.75, 3.05) is 13.7 Å². The molecule has 0 atom stereocenters. The Morgan fingerprint density at radius 2 is 1.86 bits per heavy atom. The van der Waals surface area contributed by atoms with E-state index in [2.05, 4.69) is 15.0 Å². The van der Waals surface area contributed by atoms with Crippen LogP contribution >= 0.6 is 0 Å². The van der Waals surface area contributed by atoms with Crippen molar-refractivity contribution >= 4 is 17.8 Å². The van der Waals surface area contributed by atoms with E-state index >= 15 is 0 Å². The lowest BCUT2D eigenvalue weighted by Gasteiger charge is -2.15. The van der Waals surface area contributed by atoms with E-state index < -0.39 is 5.97 Å². The SMILES string of the molecule is COC(=O)c1nnn(CCN2C(=O)CCC2=O)c1C(C)C. The van der Waals surface area contributed by atoms with Gasteiger partial charge < -0.3 is 4.74 Å². The minimum atomic E-state index is -0.543. The summed E-state index contributed by atoms with van der Waals surface area (Å²) < 4.78 is 6.23. The van der Waals surface area contributed by atoms with Crippen LogP contribution in [0.15, 0.2) is 0 Å². The van der Waals surface area contributed by atoms with Crippen molar-refractivity contribution < 1.29 is 19.1 Å². The monoisotopic (exact) mass is 294 g/mol. The van der Waals surface area contributed by atoms with Crippen molar-refractivity contribution in [3.8, 4) is 0 Å². The molecule has 0 N–H and O–H groups in total. The number of amides is 2. The number of carbonyl (C=O) groups excluding carboxylic acids is 3. The molecule has 1 aliphatic rings. The van der Waals surface area contributed by atoms with Gasteiger partial charge in [0, 0.05) is 19.4 Å². The molecule has 1 aromatic heterocycles. The van der Waals surface area contributed by atoms with Crippen LogP contribution in [0.3, 0.4) is 0 Å². The highest BCUT2D eigenvalue weighted by molar-refractivity contribution is 6.01. The van der Waals surface area contributed by atoms with E-state index in [1.165, 1.54) is 12.0 Å². The van der Waals surface area contributed by atoms with Gasteiger partial charge in [0.25, 0.3) is 0 Å². The molecule has 0 unspecified atom stereocenters. The number of rotatable bonds is 5. The van der Waals surface area contributed by atoms with Crippen molar-refractivity contribution in [1.29, 1.82) is 0 Å². The summed E-state index contributed by atoms with van der Waals surface area (Å²) in [6.07, 6.45) is 0.529. The highest BCUT2D eigenvalue weighted by atomic mass is 16.5. The normalized spacial score (nSPS) is 15.1. The third kappa shape index (κ3) is 2.93. The van der Waals surface area contributed by atoms with Gasteiger partial charge in [-0.2, -0.15) is 0 Å². The number of hydrogen-bond donors (Lipinski definition) is 0. The second kappa shape index (κ2) is 6.02. The van der Waals surface area contributed by atoms with Crippen LogP contribution in [0.1, 0.15) is 48.8 Å². The van der Waals surface area contributed by atoms with E-state index in [0.29, 0.717) is 12.2 Å². The summed E-state index contributed by atoms with van der Waals surface area (Å²) in [5.41, 5.74) is 0.813. The lowest BCUT2D eigenvalue weighted by Crippen LogP contribution is -2.32. The molecule has 2 rings (SSSR count). The molecule has 21 heavy (non-hydrogen) atoms. The van der Waals surface area contributed by atoms with Gasteiger partial charge in [-0.25, -0.2) is 9.48 Å². The number of carbonyl (C=O) groups is 3. The predicted octanol–water partition coefficient (Wildman–Crippen LogP) is 0.337. The van der Waals surface area contributed by atoms with Gasteiger partial charge in [0.1, 0.15) is 0 Å². The molecule has 1 saturated heterocycles. The summed E-state index contributed by atoms with van der Waals surface area (Å²) >= 11 is 0. The first-order chi connectivity index (χ1) is 9.95. The fourth-order valence-corrected chi connectivity index (χ4v) is 2.37. The van der Waals surface area contributed by atoms with Crippen molar-refractivity contribution in [2.24, 2.45) is 0 Å². The first-order valence-corrected chi connectivity index (χ1v) is 6.80. The molecule has 2 heterocycles. The van der Waals surface area contributed by atoms with Gasteiger partial charge in [-0.15, -0.1) is 5.10 Å². The molecule has 0 bridgehead atoms. The number of aromatic nitrogens is 3. The largest absolute Gasteiger partial charge is 0.464 e. The van der Waals surface area contributed by atoms with Crippen molar-refractivity contribution in [2.45, 2.75) is 39.2 Å². The molecule has 0 spiro atoms. The highest BCUT2D eigenvalue weighted by Crippen LogP contribution is 2.19. The van der Waals surface area contributed by atoms with Gasteiger partial charge in [-0.05, 0) is 5.92 Å². The van der Waals surface area contributed by atoms with Gasteiger partial charge in [0.2, 0.25) is 11.8 Å². The molecule has 2 amide bonds. The van der Waals surface area contributed by atoms with Gasteiger partial charge in [0.05, 0.1) is 19.3 Å². The fourth-order valence-electron chi connectivity index (χ4n) is 2.37. The second-order valence-electron chi connectivity index (χ2n) is 5.13. The Balaban J connectivity index is 2.17. The smallest absolute Gasteiger partial charge is 0.360 e. The number of ether oxygens (including phenoxy) is 1. The van der Waals surface area contributed by atoms with Crippen LogP contribution in [0.5, 0.6) is 0 Å². The molecule has 1 fully saturated rings. The summed E-state index contributed by atoms with van der Waals surface area (Å²) in [6.45, 7) is 4.37. The molecular formula is C13H18N4O4.